The Morgan fingerprint density at radius 1 is 1.30 bits per heavy atom. The van der Waals surface area contributed by atoms with Crippen LogP contribution in [0.4, 0.5) is 5.69 Å². The number of nitrogens with zero attached hydrogens (tertiary/aromatic N) is 1. The highest BCUT2D eigenvalue weighted by Gasteiger charge is 2.25. The van der Waals surface area contributed by atoms with E-state index in [0.29, 0.717) is 12.3 Å². The fourth-order valence-electron chi connectivity index (χ4n) is 3.24. The molecule has 10 heteroatoms. The molecule has 1 saturated heterocycles. The van der Waals surface area contributed by atoms with Gasteiger partial charge in [-0.05, 0) is 43.8 Å². The molecular formula is C17H26N4O5S. The summed E-state index contributed by atoms with van der Waals surface area (Å²) in [4.78, 5) is 21.9. The number of hydrogen-bond acceptors (Lipinski definition) is 6. The Kier molecular flexibility index (Phi) is 7.69. The smallest absolute Gasteiger partial charge is 0.289 e. The lowest BCUT2D eigenvalue weighted by atomic mass is 9.84. The molecule has 27 heavy (non-hydrogen) atoms. The normalized spacial score (nSPS) is 16.6. The first-order chi connectivity index (χ1) is 12.8. The predicted molar refractivity (Wildman–Crippen MR) is 101 cm³/mol. The highest BCUT2D eigenvalue weighted by molar-refractivity contribution is 7.89. The molecule has 0 bridgehead atoms. The van der Waals surface area contributed by atoms with E-state index in [-0.39, 0.29) is 29.8 Å². The molecule has 9 nitrogen and oxygen atoms in total. The zero-order valence-electron chi connectivity index (χ0n) is 15.3. The summed E-state index contributed by atoms with van der Waals surface area (Å²) in [6.45, 7) is 4.10. The largest absolute Gasteiger partial charge is 0.355 e. The summed E-state index contributed by atoms with van der Waals surface area (Å²) in [6, 6.07) is 5.14. The van der Waals surface area contributed by atoms with Crippen LogP contribution in [0.3, 0.4) is 0 Å². The number of carbonyl (C=O) groups is 1. The standard InChI is InChI=1S/C17H26N4O5S/c1-13(14-6-8-18-9-7-14)12-17(22)19-10-11-20-27(25,26)16-5-3-2-4-15(16)21(23)24/h2-5,13-14,18,20H,6-12H2,1H3,(H,19,22). The molecule has 1 aliphatic heterocycles. The third-order valence-electron chi connectivity index (χ3n) is 4.79. The zero-order valence-corrected chi connectivity index (χ0v) is 16.1. The number of hydrogen-bond donors (Lipinski definition) is 3. The summed E-state index contributed by atoms with van der Waals surface area (Å²) in [5, 5.41) is 17.0. The first-order valence-electron chi connectivity index (χ1n) is 9.02. The van der Waals surface area contributed by atoms with Crippen molar-refractivity contribution in [3.05, 3.63) is 34.4 Å². The first kappa shape index (κ1) is 21.3. The SMILES string of the molecule is CC(CC(=O)NCCNS(=O)(=O)c1ccccc1[N+](=O)[O-])C1CCNCC1. The van der Waals surface area contributed by atoms with Crippen molar-refractivity contribution in [2.24, 2.45) is 11.8 Å². The summed E-state index contributed by atoms with van der Waals surface area (Å²) in [5.74, 6) is 0.677. The molecule has 0 radical (unpaired) electrons. The van der Waals surface area contributed by atoms with E-state index < -0.39 is 20.6 Å². The fraction of sp³-hybridized carbons (Fsp3) is 0.588. The number of nitro groups is 1. The molecule has 3 N–H and O–H groups in total. The maximum atomic E-state index is 12.3. The summed E-state index contributed by atoms with van der Waals surface area (Å²) in [6.07, 6.45) is 2.52. The number of nitrogens with one attached hydrogen (secondary N) is 3. The van der Waals surface area contributed by atoms with E-state index >= 15 is 0 Å². The molecule has 1 fully saturated rings. The van der Waals surface area contributed by atoms with Crippen molar-refractivity contribution < 1.29 is 18.1 Å². The zero-order chi connectivity index (χ0) is 19.9. The number of para-hydroxylation sites is 1. The lowest BCUT2D eigenvalue weighted by molar-refractivity contribution is -0.387. The van der Waals surface area contributed by atoms with Crippen molar-refractivity contribution in [2.45, 2.75) is 31.1 Å². The summed E-state index contributed by atoms with van der Waals surface area (Å²) in [7, 11) is -4.02. The average molecular weight is 398 g/mol. The minimum Gasteiger partial charge on any atom is -0.355 e. The van der Waals surface area contributed by atoms with E-state index in [4.69, 9.17) is 0 Å². The second kappa shape index (κ2) is 9.77. The average Bonchev–Trinajstić information content (AvgIpc) is 2.66. The summed E-state index contributed by atoms with van der Waals surface area (Å²) < 4.78 is 26.8. The maximum absolute atomic E-state index is 12.3. The topological polar surface area (TPSA) is 130 Å². The number of amides is 1. The Hall–Kier alpha value is -2.04. The van der Waals surface area contributed by atoms with Gasteiger partial charge < -0.3 is 10.6 Å². The summed E-state index contributed by atoms with van der Waals surface area (Å²) >= 11 is 0. The minimum absolute atomic E-state index is 0.0398. The van der Waals surface area contributed by atoms with Gasteiger partial charge in [0.1, 0.15) is 0 Å². The number of rotatable bonds is 9. The van der Waals surface area contributed by atoms with Gasteiger partial charge in [0, 0.05) is 25.6 Å². The Morgan fingerprint density at radius 2 is 1.96 bits per heavy atom. The van der Waals surface area contributed by atoms with Crippen molar-refractivity contribution >= 4 is 21.6 Å². The highest BCUT2D eigenvalue weighted by atomic mass is 32.2. The van der Waals surface area contributed by atoms with Gasteiger partial charge in [0.15, 0.2) is 4.90 Å². The second-order valence-electron chi connectivity index (χ2n) is 6.74. The molecule has 1 amide bonds. The van der Waals surface area contributed by atoms with Gasteiger partial charge in [-0.2, -0.15) is 0 Å². The molecular weight excluding hydrogens is 372 g/mol. The predicted octanol–water partition coefficient (Wildman–Crippen LogP) is 1.02. The summed E-state index contributed by atoms with van der Waals surface area (Å²) in [5.41, 5.74) is -0.482. The number of benzene rings is 1. The van der Waals surface area contributed by atoms with E-state index in [0.717, 1.165) is 32.0 Å². The third kappa shape index (κ3) is 6.26. The molecule has 1 aromatic rings. The molecule has 0 saturated carbocycles. The van der Waals surface area contributed by atoms with Crippen LogP contribution >= 0.6 is 0 Å². The Morgan fingerprint density at radius 3 is 2.63 bits per heavy atom. The van der Waals surface area contributed by atoms with Gasteiger partial charge in [-0.15, -0.1) is 0 Å². The van der Waals surface area contributed by atoms with Crippen LogP contribution in [0.5, 0.6) is 0 Å². The molecule has 1 aromatic carbocycles. The molecule has 1 aliphatic rings. The number of carbonyl (C=O) groups excluding carboxylic acids is 1. The maximum Gasteiger partial charge on any atom is 0.289 e. The van der Waals surface area contributed by atoms with Crippen LogP contribution in [-0.4, -0.2) is 45.4 Å². The lowest BCUT2D eigenvalue weighted by Gasteiger charge is -2.27. The quantitative estimate of drug-likeness (QED) is 0.323. The molecule has 1 heterocycles. The van der Waals surface area contributed by atoms with Gasteiger partial charge >= 0.3 is 0 Å². The van der Waals surface area contributed by atoms with Crippen molar-refractivity contribution in [3.63, 3.8) is 0 Å². The van der Waals surface area contributed by atoms with Crippen molar-refractivity contribution in [3.8, 4) is 0 Å². The molecule has 150 valence electrons. The van der Waals surface area contributed by atoms with Crippen molar-refractivity contribution in [2.75, 3.05) is 26.2 Å². The van der Waals surface area contributed by atoms with Gasteiger partial charge in [0.05, 0.1) is 4.92 Å². The number of nitro benzene ring substituents is 1. The molecule has 1 atom stereocenters. The van der Waals surface area contributed by atoms with Crippen LogP contribution in [0, 0.1) is 22.0 Å². The van der Waals surface area contributed by atoms with E-state index in [1.165, 1.54) is 18.2 Å². The number of sulfonamides is 1. The molecule has 1 unspecified atom stereocenters. The van der Waals surface area contributed by atoms with Crippen LogP contribution in [0.2, 0.25) is 0 Å². The van der Waals surface area contributed by atoms with Crippen LogP contribution in [0.25, 0.3) is 0 Å². The minimum atomic E-state index is -4.02. The highest BCUT2D eigenvalue weighted by Crippen LogP contribution is 2.24. The molecule has 0 aliphatic carbocycles. The van der Waals surface area contributed by atoms with E-state index in [9.17, 15) is 23.3 Å². The van der Waals surface area contributed by atoms with Gasteiger partial charge in [-0.3, -0.25) is 14.9 Å². The third-order valence-corrected chi connectivity index (χ3v) is 6.30. The van der Waals surface area contributed by atoms with Crippen LogP contribution in [0.15, 0.2) is 29.2 Å². The van der Waals surface area contributed by atoms with Gasteiger partial charge in [0.25, 0.3) is 5.69 Å². The Labute approximate surface area is 159 Å². The molecule has 0 aromatic heterocycles. The van der Waals surface area contributed by atoms with Crippen LogP contribution < -0.4 is 15.4 Å². The molecule has 2 rings (SSSR count). The van der Waals surface area contributed by atoms with E-state index in [1.807, 2.05) is 0 Å². The van der Waals surface area contributed by atoms with Gasteiger partial charge in [-0.25, -0.2) is 13.1 Å². The lowest BCUT2D eigenvalue weighted by Crippen LogP contribution is -2.37. The van der Waals surface area contributed by atoms with Gasteiger partial charge in [0.2, 0.25) is 15.9 Å². The Balaban J connectivity index is 1.78. The van der Waals surface area contributed by atoms with Crippen molar-refractivity contribution in [1.82, 2.24) is 15.4 Å². The van der Waals surface area contributed by atoms with Crippen LogP contribution in [-0.2, 0) is 14.8 Å². The van der Waals surface area contributed by atoms with Gasteiger partial charge in [-0.1, -0.05) is 19.1 Å². The monoisotopic (exact) mass is 398 g/mol. The number of piperidine rings is 1. The van der Waals surface area contributed by atoms with Crippen LogP contribution in [0.1, 0.15) is 26.2 Å². The first-order valence-corrected chi connectivity index (χ1v) is 10.5. The van der Waals surface area contributed by atoms with E-state index in [2.05, 4.69) is 22.3 Å². The Bertz CT molecular complexity index is 762. The molecule has 0 spiro atoms. The van der Waals surface area contributed by atoms with Crippen molar-refractivity contribution in [1.29, 1.82) is 0 Å². The van der Waals surface area contributed by atoms with E-state index in [1.54, 1.807) is 0 Å². The second-order valence-corrected chi connectivity index (χ2v) is 8.48. The fourth-order valence-corrected chi connectivity index (χ4v) is 4.45.